The highest BCUT2D eigenvalue weighted by molar-refractivity contribution is 6.00. The van der Waals surface area contributed by atoms with Crippen LogP contribution in [0.3, 0.4) is 0 Å². The largest absolute Gasteiger partial charge is 0.422 e. The zero-order valence-electron chi connectivity index (χ0n) is 20.6. The first-order chi connectivity index (χ1) is 16.8. The minimum absolute atomic E-state index is 0.233. The van der Waals surface area contributed by atoms with Crippen LogP contribution in [0.1, 0.15) is 44.5 Å². The average Bonchev–Trinajstić information content (AvgIpc) is 3.38. The molecule has 3 heterocycles. The van der Waals surface area contributed by atoms with Gasteiger partial charge in [0.05, 0.1) is 23.6 Å². The van der Waals surface area contributed by atoms with Gasteiger partial charge in [-0.15, -0.1) is 0 Å². The van der Waals surface area contributed by atoms with Gasteiger partial charge in [-0.3, -0.25) is 5.32 Å². The molecule has 2 aliphatic rings. The minimum Gasteiger partial charge on any atom is -0.422 e. The molecule has 6 N–H and O–H groups in total. The Morgan fingerprint density at radius 3 is 2.74 bits per heavy atom. The fourth-order valence-corrected chi connectivity index (χ4v) is 5.58. The lowest BCUT2D eigenvalue weighted by atomic mass is 9.90. The number of hydrogen-bond donors (Lipinski definition) is 5. The van der Waals surface area contributed by atoms with Gasteiger partial charge < -0.3 is 26.1 Å². The molecule has 9 nitrogen and oxygen atoms in total. The number of nitrogens with zero attached hydrogens (tertiary/aromatic N) is 3. The molecule has 1 aromatic carbocycles. The number of aliphatic imine (C=N–C) groups is 1. The van der Waals surface area contributed by atoms with Crippen molar-refractivity contribution in [3.8, 4) is 5.75 Å². The molecule has 3 aromatic rings. The molecule has 2 aromatic heterocycles. The van der Waals surface area contributed by atoms with E-state index >= 15 is 0 Å². The molecule has 1 aliphatic carbocycles. The van der Waals surface area contributed by atoms with E-state index in [1.807, 2.05) is 13.8 Å². The Kier molecular flexibility index (Phi) is 6.10. The number of benzene rings is 1. The third kappa shape index (κ3) is 4.32. The molecule has 35 heavy (non-hydrogen) atoms. The van der Waals surface area contributed by atoms with Crippen molar-refractivity contribution in [1.29, 1.82) is 0 Å². The summed E-state index contributed by atoms with van der Waals surface area (Å²) in [6.45, 7) is 6.81. The van der Waals surface area contributed by atoms with E-state index in [0.717, 1.165) is 42.3 Å². The van der Waals surface area contributed by atoms with E-state index in [1.54, 1.807) is 25.5 Å². The number of aromatic nitrogens is 3. The van der Waals surface area contributed by atoms with Gasteiger partial charge >= 0.3 is 0 Å². The first-order valence-corrected chi connectivity index (χ1v) is 12.2. The van der Waals surface area contributed by atoms with Gasteiger partial charge in [-0.1, -0.05) is 13.3 Å². The van der Waals surface area contributed by atoms with Crippen LogP contribution in [0, 0.1) is 24.6 Å². The van der Waals surface area contributed by atoms with Crippen LogP contribution in [0.25, 0.3) is 10.9 Å². The van der Waals surface area contributed by atoms with Crippen LogP contribution in [0.5, 0.6) is 5.75 Å². The Labute approximate surface area is 204 Å². The smallest absolute Gasteiger partial charge is 0.298 e. The molecule has 0 spiro atoms. The second kappa shape index (κ2) is 9.09. The van der Waals surface area contributed by atoms with Crippen molar-refractivity contribution in [2.75, 3.05) is 18.9 Å². The molecule has 0 saturated heterocycles. The van der Waals surface area contributed by atoms with Gasteiger partial charge in [0.1, 0.15) is 23.1 Å². The van der Waals surface area contributed by atoms with Crippen molar-refractivity contribution < 1.29 is 9.13 Å². The van der Waals surface area contributed by atoms with Gasteiger partial charge in [0.25, 0.3) is 6.02 Å². The summed E-state index contributed by atoms with van der Waals surface area (Å²) in [5.41, 5.74) is 7.88. The second-order valence-corrected chi connectivity index (χ2v) is 9.66. The minimum atomic E-state index is -0.778. The molecule has 5 rings (SSSR count). The summed E-state index contributed by atoms with van der Waals surface area (Å²) in [5, 5.41) is 11.0. The third-order valence-electron chi connectivity index (χ3n) is 7.38. The maximum Gasteiger partial charge on any atom is 0.298 e. The number of halogens is 1. The van der Waals surface area contributed by atoms with Crippen LogP contribution in [-0.4, -0.2) is 40.6 Å². The first-order valence-electron chi connectivity index (χ1n) is 12.2. The normalized spacial score (nSPS) is 25.8. The third-order valence-corrected chi connectivity index (χ3v) is 7.38. The Hall–Kier alpha value is -3.24. The zero-order chi connectivity index (χ0) is 24.7. The maximum atomic E-state index is 14.6. The molecule has 1 saturated carbocycles. The first kappa shape index (κ1) is 23.5. The fraction of sp³-hybridized carbons (Fsp3) is 0.480. The van der Waals surface area contributed by atoms with Gasteiger partial charge in [0.2, 0.25) is 0 Å². The summed E-state index contributed by atoms with van der Waals surface area (Å²) in [6, 6.07) is 3.55. The number of aromatic amines is 1. The Bertz CT molecular complexity index is 1260. The van der Waals surface area contributed by atoms with Crippen molar-refractivity contribution in [3.05, 3.63) is 41.7 Å². The predicted molar refractivity (Wildman–Crippen MR) is 135 cm³/mol. The molecule has 0 amide bonds. The van der Waals surface area contributed by atoms with E-state index in [1.165, 1.54) is 6.07 Å². The van der Waals surface area contributed by atoms with E-state index in [-0.39, 0.29) is 11.9 Å². The molecule has 1 aliphatic heterocycles. The molecule has 1 fully saturated rings. The van der Waals surface area contributed by atoms with Crippen molar-refractivity contribution in [1.82, 2.24) is 25.6 Å². The number of ether oxygens (including phenoxy) is 1. The number of nitrogens with one attached hydrogen (secondary N) is 4. The lowest BCUT2D eigenvalue weighted by Crippen LogP contribution is -2.57. The summed E-state index contributed by atoms with van der Waals surface area (Å²) in [5.74, 6) is 2.34. The van der Waals surface area contributed by atoms with E-state index in [0.29, 0.717) is 40.9 Å². The highest BCUT2D eigenvalue weighted by atomic mass is 19.1. The number of aryl methyl sites for hydroxylation is 1. The quantitative estimate of drug-likeness (QED) is 0.365. The molecular weight excluding hydrogens is 447 g/mol. The van der Waals surface area contributed by atoms with E-state index in [9.17, 15) is 4.39 Å². The summed E-state index contributed by atoms with van der Waals surface area (Å²) < 4.78 is 20.6. The van der Waals surface area contributed by atoms with Crippen LogP contribution in [0.4, 0.5) is 15.9 Å². The van der Waals surface area contributed by atoms with Gasteiger partial charge in [-0.25, -0.2) is 14.4 Å². The predicted octanol–water partition coefficient (Wildman–Crippen LogP) is 3.64. The number of fused-ring (bicyclic) bond motifs is 3. The summed E-state index contributed by atoms with van der Waals surface area (Å²) >= 11 is 0. The van der Waals surface area contributed by atoms with E-state index < -0.39 is 5.66 Å². The van der Waals surface area contributed by atoms with Crippen LogP contribution >= 0.6 is 0 Å². The van der Waals surface area contributed by atoms with Gasteiger partial charge in [0.15, 0.2) is 5.75 Å². The molecule has 186 valence electrons. The van der Waals surface area contributed by atoms with Crippen LogP contribution in [0.2, 0.25) is 0 Å². The number of rotatable bonds is 6. The van der Waals surface area contributed by atoms with E-state index in [4.69, 9.17) is 10.5 Å². The van der Waals surface area contributed by atoms with Gasteiger partial charge in [0, 0.05) is 30.6 Å². The standard InChI is InChI=1S/C25H33FN8O/c1-5-17-14(6-7-19(17)27)10-31-25(3)21-18-8-15(26)9-20(28-4)22(18)32-23(21)33-24(34-25)35-16-11-29-13(2)30-12-16/h8-9,11-12,14,17,19,28,31-32H,5-7,10,27H2,1-4H3,(H,33,34)/t14-,17+,19-,25?/m1/s1. The Morgan fingerprint density at radius 2 is 2.03 bits per heavy atom. The summed E-state index contributed by atoms with van der Waals surface area (Å²) in [6.07, 6.45) is 6.39. The summed E-state index contributed by atoms with van der Waals surface area (Å²) in [4.78, 5) is 16.5. The number of H-pyrrole nitrogens is 1. The molecule has 0 bridgehead atoms. The molecule has 10 heteroatoms. The maximum absolute atomic E-state index is 14.6. The number of hydrogen-bond acceptors (Lipinski definition) is 8. The van der Waals surface area contributed by atoms with Crippen LogP contribution in [-0.2, 0) is 5.66 Å². The fourth-order valence-electron chi connectivity index (χ4n) is 5.58. The van der Waals surface area contributed by atoms with Crippen molar-refractivity contribution in [2.45, 2.75) is 51.7 Å². The zero-order valence-corrected chi connectivity index (χ0v) is 20.6. The highest BCUT2D eigenvalue weighted by Crippen LogP contribution is 2.42. The Balaban J connectivity index is 1.54. The van der Waals surface area contributed by atoms with Gasteiger partial charge in [-0.2, -0.15) is 4.99 Å². The van der Waals surface area contributed by atoms with Gasteiger partial charge in [-0.05, 0) is 50.7 Å². The topological polar surface area (TPSA) is 125 Å². The van der Waals surface area contributed by atoms with Crippen molar-refractivity contribution >= 4 is 28.4 Å². The highest BCUT2D eigenvalue weighted by Gasteiger charge is 2.40. The average molecular weight is 481 g/mol. The number of nitrogens with two attached hydrogens (primary N) is 1. The number of amidine groups is 1. The van der Waals surface area contributed by atoms with E-state index in [2.05, 4.69) is 42.8 Å². The molecule has 4 atom stereocenters. The SMILES string of the molecule is CC[C@H]1[C@@H](CNC2(C)NC(Oc3cnc(C)nc3)=Nc3[nH]c4c(NC)cc(F)cc4c32)CC[C@H]1N. The number of anilines is 1. The monoisotopic (exact) mass is 480 g/mol. The second-order valence-electron chi connectivity index (χ2n) is 9.66. The molecule has 0 radical (unpaired) electrons. The summed E-state index contributed by atoms with van der Waals surface area (Å²) in [7, 11) is 1.77. The lowest BCUT2D eigenvalue weighted by Gasteiger charge is -2.37. The molecule has 1 unspecified atom stereocenters. The van der Waals surface area contributed by atoms with Crippen molar-refractivity contribution in [3.63, 3.8) is 0 Å². The molecular formula is C25H33FN8O. The Morgan fingerprint density at radius 1 is 1.26 bits per heavy atom. The van der Waals surface area contributed by atoms with Crippen molar-refractivity contribution in [2.24, 2.45) is 22.6 Å². The lowest BCUT2D eigenvalue weighted by molar-refractivity contribution is 0.257. The van der Waals surface area contributed by atoms with Crippen LogP contribution < -0.4 is 26.4 Å². The van der Waals surface area contributed by atoms with Crippen LogP contribution in [0.15, 0.2) is 29.5 Å².